The average Bonchev–Trinajstić information content (AvgIpc) is 3.88. The third-order valence-corrected chi connectivity index (χ3v) is 7.49. The van der Waals surface area contributed by atoms with Crippen LogP contribution in [-0.2, 0) is 28.5 Å². The molecule has 0 unspecified atom stereocenters. The number of hydrogen-bond acceptors (Lipinski definition) is 14. The molecular formula is C40H57N7O10. The van der Waals surface area contributed by atoms with Crippen molar-refractivity contribution in [1.82, 2.24) is 36.3 Å². The van der Waals surface area contributed by atoms with Gasteiger partial charge in [-0.2, -0.15) is 0 Å². The summed E-state index contributed by atoms with van der Waals surface area (Å²) in [5, 5.41) is 24.0. The predicted octanol–water partition coefficient (Wildman–Crippen LogP) is 4.39. The average molecular weight is 796 g/mol. The Bertz CT molecular complexity index is 1640. The molecule has 0 aliphatic heterocycles. The van der Waals surface area contributed by atoms with E-state index in [1.807, 2.05) is 27.7 Å². The van der Waals surface area contributed by atoms with Crippen molar-refractivity contribution in [3.63, 3.8) is 0 Å². The second-order valence-electron chi connectivity index (χ2n) is 11.7. The quantitative estimate of drug-likeness (QED) is 0.0838. The van der Waals surface area contributed by atoms with Crippen molar-refractivity contribution in [2.75, 3.05) is 72.5 Å². The summed E-state index contributed by atoms with van der Waals surface area (Å²) in [6.45, 7) is 15.9. The molecule has 4 rings (SSSR count). The standard InChI is InChI=1S/C36H45N7O10.2C2H6/c1-24(44)12-14-48-16-18-50-20-21-51-19-17-49-15-13-37-34(47)31(22-38-32(45)27-4-8-29(9-5-27)35-42-40-25(2)52-35)23-39-33(46)28-6-10-30(11-7-28)36-43-41-26(3)53-36;2*1-2/h4-11,31H,12-23H2,1-3H3,(H,37,47)(H,38,45)(H,39,46);2*1-2H3. The summed E-state index contributed by atoms with van der Waals surface area (Å²) >= 11 is 0. The summed E-state index contributed by atoms with van der Waals surface area (Å²) in [5.74, 6) is -0.369. The summed E-state index contributed by atoms with van der Waals surface area (Å²) in [6, 6.07) is 13.2. The smallest absolute Gasteiger partial charge is 0.251 e. The van der Waals surface area contributed by atoms with Crippen LogP contribution in [0.4, 0.5) is 0 Å². The fourth-order valence-electron chi connectivity index (χ4n) is 4.62. The Kier molecular flexibility index (Phi) is 23.6. The molecule has 3 N–H and O–H groups in total. The molecule has 2 aromatic heterocycles. The maximum atomic E-state index is 13.2. The molecule has 17 heteroatoms. The number of hydrogen-bond donors (Lipinski definition) is 3. The number of benzene rings is 2. The molecule has 4 aromatic rings. The van der Waals surface area contributed by atoms with E-state index in [0.29, 0.717) is 98.5 Å². The van der Waals surface area contributed by atoms with Crippen LogP contribution in [0.1, 0.15) is 73.5 Å². The molecule has 0 atom stereocenters. The molecule has 2 heterocycles. The number of Topliss-reactive ketones (excluding diaryl/α,β-unsaturated/α-hetero) is 1. The van der Waals surface area contributed by atoms with E-state index in [1.165, 1.54) is 6.92 Å². The minimum atomic E-state index is -0.799. The lowest BCUT2D eigenvalue weighted by Crippen LogP contribution is -2.45. The SMILES string of the molecule is CC.CC.CC(=O)CCOCCOCCOCCOCCNC(=O)C(CNC(=O)c1ccc(-c2nnc(C)o2)cc1)CNC(=O)c1ccc(-c2nnc(C)o2)cc1. The second-order valence-corrected chi connectivity index (χ2v) is 11.7. The summed E-state index contributed by atoms with van der Waals surface area (Å²) in [4.78, 5) is 50.1. The Morgan fingerprint density at radius 2 is 0.947 bits per heavy atom. The van der Waals surface area contributed by atoms with E-state index in [-0.39, 0.29) is 37.9 Å². The van der Waals surface area contributed by atoms with E-state index in [0.717, 1.165) is 0 Å². The zero-order chi connectivity index (χ0) is 41.8. The summed E-state index contributed by atoms with van der Waals surface area (Å²) < 4.78 is 32.6. The maximum absolute atomic E-state index is 13.2. The van der Waals surface area contributed by atoms with Crippen molar-refractivity contribution in [2.24, 2.45) is 5.92 Å². The first-order valence-corrected chi connectivity index (χ1v) is 19.1. The van der Waals surface area contributed by atoms with Crippen molar-refractivity contribution >= 4 is 23.5 Å². The van der Waals surface area contributed by atoms with Gasteiger partial charge in [0.1, 0.15) is 5.78 Å². The van der Waals surface area contributed by atoms with Crippen molar-refractivity contribution in [2.45, 2.75) is 54.9 Å². The van der Waals surface area contributed by atoms with E-state index in [1.54, 1.807) is 62.4 Å². The molecule has 0 saturated carbocycles. The van der Waals surface area contributed by atoms with Gasteiger partial charge in [0.05, 0.1) is 58.8 Å². The molecular weight excluding hydrogens is 738 g/mol. The molecule has 0 saturated heterocycles. The first kappa shape index (κ1) is 47.8. The second kappa shape index (κ2) is 28.1. The lowest BCUT2D eigenvalue weighted by Gasteiger charge is -2.18. The van der Waals surface area contributed by atoms with Crippen molar-refractivity contribution in [3.05, 3.63) is 71.4 Å². The highest BCUT2D eigenvalue weighted by molar-refractivity contribution is 5.96. The Labute approximate surface area is 334 Å². The first-order valence-electron chi connectivity index (χ1n) is 19.1. The van der Waals surface area contributed by atoms with Crippen molar-refractivity contribution in [1.29, 1.82) is 0 Å². The molecule has 312 valence electrons. The zero-order valence-electron chi connectivity index (χ0n) is 34.1. The fraction of sp³-hybridized carbons (Fsp3) is 0.500. The topological polar surface area (TPSA) is 219 Å². The molecule has 0 radical (unpaired) electrons. The molecule has 57 heavy (non-hydrogen) atoms. The number of carbonyl (C=O) groups excluding carboxylic acids is 4. The van der Waals surface area contributed by atoms with Crippen LogP contribution in [0, 0.1) is 19.8 Å². The van der Waals surface area contributed by atoms with E-state index in [9.17, 15) is 19.2 Å². The van der Waals surface area contributed by atoms with Crippen molar-refractivity contribution < 1.29 is 47.0 Å². The molecule has 3 amide bonds. The summed E-state index contributed by atoms with van der Waals surface area (Å²) in [6.07, 6.45) is 0.394. The Hall–Kier alpha value is -5.36. The van der Waals surface area contributed by atoms with Crippen LogP contribution in [0.5, 0.6) is 0 Å². The first-order chi connectivity index (χ1) is 27.7. The number of ketones is 1. The highest BCUT2D eigenvalue weighted by atomic mass is 16.6. The Morgan fingerprint density at radius 1 is 0.561 bits per heavy atom. The monoisotopic (exact) mass is 795 g/mol. The van der Waals surface area contributed by atoms with Gasteiger partial charge in [-0.25, -0.2) is 0 Å². The van der Waals surface area contributed by atoms with Crippen LogP contribution in [0.2, 0.25) is 0 Å². The van der Waals surface area contributed by atoms with Gasteiger partial charge in [-0.3, -0.25) is 19.2 Å². The maximum Gasteiger partial charge on any atom is 0.251 e. The Morgan fingerprint density at radius 3 is 1.32 bits per heavy atom. The van der Waals surface area contributed by atoms with Crippen LogP contribution < -0.4 is 16.0 Å². The third kappa shape index (κ3) is 18.4. The number of aromatic nitrogens is 4. The number of nitrogens with one attached hydrogen (secondary N) is 3. The molecule has 2 aromatic carbocycles. The van der Waals surface area contributed by atoms with Crippen LogP contribution in [0.25, 0.3) is 22.9 Å². The Balaban J connectivity index is 0.00000271. The number of nitrogens with zero attached hydrogens (tertiary/aromatic N) is 4. The van der Waals surface area contributed by atoms with Gasteiger partial charge < -0.3 is 43.7 Å². The highest BCUT2D eigenvalue weighted by Crippen LogP contribution is 2.19. The summed E-state index contributed by atoms with van der Waals surface area (Å²) in [5.41, 5.74) is 2.04. The van der Waals surface area contributed by atoms with E-state index in [4.69, 9.17) is 27.8 Å². The van der Waals surface area contributed by atoms with Gasteiger partial charge in [0.25, 0.3) is 11.8 Å². The number of amides is 3. The largest absolute Gasteiger partial charge is 0.421 e. The molecule has 17 nitrogen and oxygen atoms in total. The molecule has 0 spiro atoms. The van der Waals surface area contributed by atoms with Crippen LogP contribution in [0.3, 0.4) is 0 Å². The van der Waals surface area contributed by atoms with Gasteiger partial charge in [-0.15, -0.1) is 20.4 Å². The molecule has 0 aliphatic rings. The highest BCUT2D eigenvalue weighted by Gasteiger charge is 2.21. The van der Waals surface area contributed by atoms with Gasteiger partial charge in [0.2, 0.25) is 29.5 Å². The molecule has 0 bridgehead atoms. The zero-order valence-corrected chi connectivity index (χ0v) is 34.1. The van der Waals surface area contributed by atoms with Crippen molar-refractivity contribution in [3.8, 4) is 22.9 Å². The van der Waals surface area contributed by atoms with Crippen LogP contribution in [-0.4, -0.2) is 116 Å². The third-order valence-electron chi connectivity index (χ3n) is 7.49. The van der Waals surface area contributed by atoms with E-state index in [2.05, 4.69) is 36.3 Å². The van der Waals surface area contributed by atoms with E-state index < -0.39 is 17.7 Å². The number of carbonyl (C=O) groups is 4. The van der Waals surface area contributed by atoms with Gasteiger partial charge in [-0.05, 0) is 55.5 Å². The van der Waals surface area contributed by atoms with Gasteiger partial charge in [0, 0.05) is 62.2 Å². The van der Waals surface area contributed by atoms with Gasteiger partial charge in [-0.1, -0.05) is 27.7 Å². The molecule has 0 fully saturated rings. The van der Waals surface area contributed by atoms with Crippen LogP contribution >= 0.6 is 0 Å². The predicted molar refractivity (Wildman–Crippen MR) is 211 cm³/mol. The fourth-order valence-corrected chi connectivity index (χ4v) is 4.62. The normalized spacial score (nSPS) is 10.5. The van der Waals surface area contributed by atoms with E-state index >= 15 is 0 Å². The number of ether oxygens (including phenoxy) is 4. The van der Waals surface area contributed by atoms with Gasteiger partial charge >= 0.3 is 0 Å². The number of aryl methyl sites for hydroxylation is 2. The minimum Gasteiger partial charge on any atom is -0.421 e. The van der Waals surface area contributed by atoms with Crippen LogP contribution in [0.15, 0.2) is 57.4 Å². The molecule has 0 aliphatic carbocycles. The minimum absolute atomic E-state index is 0.0493. The summed E-state index contributed by atoms with van der Waals surface area (Å²) in [7, 11) is 0. The van der Waals surface area contributed by atoms with Gasteiger partial charge in [0.15, 0.2) is 0 Å². The number of rotatable bonds is 24. The lowest BCUT2D eigenvalue weighted by molar-refractivity contribution is -0.125. The lowest BCUT2D eigenvalue weighted by atomic mass is 10.1.